The molecule has 1 N–H and O–H groups in total. The standard InChI is InChI=1S/C20H26ClF2N5.HI/c1-24-20(27(3)13-17-8-15(21)12-26(17)2)25-10-14-6-7-28(11-14)16-4-5-18(22)19(23)9-16;/h4-5,8-9,12,14H,6-7,10-11,13H2,1-3H3,(H,24,25);1H. The van der Waals surface area contributed by atoms with Crippen LogP contribution in [0.15, 0.2) is 35.5 Å². The Hall–Kier alpha value is -1.55. The van der Waals surface area contributed by atoms with Gasteiger partial charge in [0, 0.05) is 64.4 Å². The molecule has 0 bridgehead atoms. The average molecular weight is 538 g/mol. The number of nitrogens with zero attached hydrogens (tertiary/aromatic N) is 4. The van der Waals surface area contributed by atoms with Crippen molar-refractivity contribution in [3.8, 4) is 0 Å². The van der Waals surface area contributed by atoms with Crippen LogP contribution in [0.4, 0.5) is 14.5 Å². The lowest BCUT2D eigenvalue weighted by Gasteiger charge is -2.24. The Morgan fingerprint density at radius 2 is 2.07 bits per heavy atom. The Balaban J connectivity index is 0.00000300. The zero-order chi connectivity index (χ0) is 20.3. The first-order valence-corrected chi connectivity index (χ1v) is 9.67. The Labute approximate surface area is 192 Å². The second-order valence-electron chi connectivity index (χ2n) is 7.24. The van der Waals surface area contributed by atoms with Crippen molar-refractivity contribution in [2.45, 2.75) is 13.0 Å². The van der Waals surface area contributed by atoms with E-state index in [-0.39, 0.29) is 24.0 Å². The predicted molar refractivity (Wildman–Crippen MR) is 125 cm³/mol. The molecule has 0 aliphatic carbocycles. The molecular formula is C20H27ClF2IN5. The summed E-state index contributed by atoms with van der Waals surface area (Å²) in [5, 5.41) is 4.14. The number of aryl methyl sites for hydroxylation is 1. The first kappa shape index (κ1) is 23.7. The fraction of sp³-hybridized carbons (Fsp3) is 0.450. The van der Waals surface area contributed by atoms with Gasteiger partial charge in [-0.25, -0.2) is 8.78 Å². The zero-order valence-corrected chi connectivity index (χ0v) is 19.9. The highest BCUT2D eigenvalue weighted by Crippen LogP contribution is 2.25. The number of hydrogen-bond donors (Lipinski definition) is 1. The molecule has 1 unspecified atom stereocenters. The molecule has 2 aromatic rings. The number of anilines is 1. The van der Waals surface area contributed by atoms with Crippen LogP contribution in [0, 0.1) is 17.6 Å². The molecule has 0 spiro atoms. The first-order chi connectivity index (χ1) is 13.4. The molecule has 1 saturated heterocycles. The second-order valence-corrected chi connectivity index (χ2v) is 7.68. The van der Waals surface area contributed by atoms with Crippen LogP contribution in [0.3, 0.4) is 0 Å². The van der Waals surface area contributed by atoms with E-state index in [2.05, 4.69) is 15.2 Å². The van der Waals surface area contributed by atoms with Crippen LogP contribution in [0.2, 0.25) is 5.02 Å². The maximum absolute atomic E-state index is 13.5. The van der Waals surface area contributed by atoms with E-state index >= 15 is 0 Å². The summed E-state index contributed by atoms with van der Waals surface area (Å²) in [6.45, 7) is 3.08. The number of guanidine groups is 1. The van der Waals surface area contributed by atoms with Gasteiger partial charge in [-0.2, -0.15) is 0 Å². The van der Waals surface area contributed by atoms with Crippen molar-refractivity contribution in [1.82, 2.24) is 14.8 Å². The second kappa shape index (κ2) is 10.5. The molecule has 1 aliphatic heterocycles. The summed E-state index contributed by atoms with van der Waals surface area (Å²) in [5.41, 5.74) is 1.82. The van der Waals surface area contributed by atoms with Crippen LogP contribution in [-0.2, 0) is 13.6 Å². The summed E-state index contributed by atoms with van der Waals surface area (Å²) in [7, 11) is 5.72. The van der Waals surface area contributed by atoms with Crippen molar-refractivity contribution >= 4 is 47.2 Å². The quantitative estimate of drug-likeness (QED) is 0.354. The smallest absolute Gasteiger partial charge is 0.193 e. The van der Waals surface area contributed by atoms with Crippen LogP contribution in [0.5, 0.6) is 0 Å². The normalized spacial score (nSPS) is 16.7. The highest BCUT2D eigenvalue weighted by molar-refractivity contribution is 14.0. The topological polar surface area (TPSA) is 35.8 Å². The maximum atomic E-state index is 13.5. The van der Waals surface area contributed by atoms with Crippen LogP contribution >= 0.6 is 35.6 Å². The lowest BCUT2D eigenvalue weighted by molar-refractivity contribution is 0.450. The summed E-state index contributed by atoms with van der Waals surface area (Å²) < 4.78 is 28.6. The fourth-order valence-corrected chi connectivity index (χ4v) is 3.85. The van der Waals surface area contributed by atoms with Gasteiger partial charge in [0.05, 0.1) is 11.6 Å². The van der Waals surface area contributed by atoms with Gasteiger partial charge in [0.2, 0.25) is 0 Å². The molecule has 1 atom stereocenters. The molecule has 1 aliphatic rings. The molecule has 0 radical (unpaired) electrons. The summed E-state index contributed by atoms with van der Waals surface area (Å²) in [4.78, 5) is 8.50. The molecule has 2 heterocycles. The van der Waals surface area contributed by atoms with E-state index in [0.717, 1.165) is 48.4 Å². The van der Waals surface area contributed by atoms with Gasteiger partial charge in [0.15, 0.2) is 17.6 Å². The van der Waals surface area contributed by atoms with E-state index < -0.39 is 11.6 Å². The minimum Gasteiger partial charge on any atom is -0.371 e. The Morgan fingerprint density at radius 1 is 1.31 bits per heavy atom. The van der Waals surface area contributed by atoms with Gasteiger partial charge in [0.25, 0.3) is 0 Å². The van der Waals surface area contributed by atoms with Crippen molar-refractivity contribution in [3.05, 3.63) is 52.8 Å². The first-order valence-electron chi connectivity index (χ1n) is 9.30. The summed E-state index contributed by atoms with van der Waals surface area (Å²) >= 11 is 6.06. The molecule has 1 aromatic heterocycles. The molecule has 9 heteroatoms. The van der Waals surface area contributed by atoms with Gasteiger partial charge in [-0.3, -0.25) is 4.99 Å². The predicted octanol–water partition coefficient (Wildman–Crippen LogP) is 4.11. The van der Waals surface area contributed by atoms with Crippen molar-refractivity contribution in [3.63, 3.8) is 0 Å². The van der Waals surface area contributed by atoms with Gasteiger partial charge in [-0.15, -0.1) is 24.0 Å². The minimum absolute atomic E-state index is 0. The van der Waals surface area contributed by atoms with Crippen molar-refractivity contribution < 1.29 is 8.78 Å². The van der Waals surface area contributed by atoms with Gasteiger partial charge in [-0.1, -0.05) is 11.6 Å². The van der Waals surface area contributed by atoms with Crippen LogP contribution in [0.25, 0.3) is 0 Å². The lowest BCUT2D eigenvalue weighted by Crippen LogP contribution is -2.41. The Bertz CT molecular complexity index is 857. The number of aromatic nitrogens is 1. The molecule has 29 heavy (non-hydrogen) atoms. The fourth-order valence-electron chi connectivity index (χ4n) is 3.58. The highest BCUT2D eigenvalue weighted by atomic mass is 127. The average Bonchev–Trinajstić information content (AvgIpc) is 3.24. The summed E-state index contributed by atoms with van der Waals surface area (Å²) in [5.74, 6) is -0.402. The molecule has 0 saturated carbocycles. The van der Waals surface area contributed by atoms with E-state index in [1.54, 1.807) is 13.1 Å². The van der Waals surface area contributed by atoms with E-state index in [9.17, 15) is 8.78 Å². The van der Waals surface area contributed by atoms with E-state index in [0.29, 0.717) is 12.5 Å². The SMILES string of the molecule is CN=C(NCC1CCN(c2ccc(F)c(F)c2)C1)N(C)Cc1cc(Cl)cn1C.I. The Morgan fingerprint density at radius 3 is 2.69 bits per heavy atom. The summed E-state index contributed by atoms with van der Waals surface area (Å²) in [6, 6.07) is 6.03. The van der Waals surface area contributed by atoms with Crippen molar-refractivity contribution in [1.29, 1.82) is 0 Å². The lowest BCUT2D eigenvalue weighted by atomic mass is 10.1. The van der Waals surface area contributed by atoms with Crippen LogP contribution in [-0.4, -0.2) is 49.2 Å². The van der Waals surface area contributed by atoms with E-state index in [1.807, 2.05) is 35.8 Å². The number of halogens is 4. The van der Waals surface area contributed by atoms with Gasteiger partial charge in [-0.05, 0) is 30.5 Å². The minimum atomic E-state index is -0.812. The summed E-state index contributed by atoms with van der Waals surface area (Å²) in [6.07, 6.45) is 2.87. The third-order valence-electron chi connectivity index (χ3n) is 5.15. The molecule has 3 rings (SSSR count). The van der Waals surface area contributed by atoms with E-state index in [1.165, 1.54) is 12.1 Å². The van der Waals surface area contributed by atoms with Crippen LogP contribution in [0.1, 0.15) is 12.1 Å². The molecule has 160 valence electrons. The number of aliphatic imine (C=N–C) groups is 1. The Kier molecular flexibility index (Phi) is 8.57. The number of rotatable bonds is 5. The highest BCUT2D eigenvalue weighted by Gasteiger charge is 2.24. The van der Waals surface area contributed by atoms with Crippen molar-refractivity contribution in [2.75, 3.05) is 38.6 Å². The van der Waals surface area contributed by atoms with Crippen LogP contribution < -0.4 is 10.2 Å². The molecule has 1 aromatic carbocycles. The maximum Gasteiger partial charge on any atom is 0.193 e. The van der Waals surface area contributed by atoms with Gasteiger partial charge < -0.3 is 19.7 Å². The zero-order valence-electron chi connectivity index (χ0n) is 16.8. The number of hydrogen-bond acceptors (Lipinski definition) is 2. The number of benzene rings is 1. The third kappa shape index (κ3) is 5.97. The van der Waals surface area contributed by atoms with Crippen molar-refractivity contribution in [2.24, 2.45) is 18.0 Å². The molecule has 0 amide bonds. The number of nitrogens with one attached hydrogen (secondary N) is 1. The monoisotopic (exact) mass is 537 g/mol. The molecular weight excluding hydrogens is 511 g/mol. The molecule has 5 nitrogen and oxygen atoms in total. The van der Waals surface area contributed by atoms with E-state index in [4.69, 9.17) is 11.6 Å². The van der Waals surface area contributed by atoms with Gasteiger partial charge >= 0.3 is 0 Å². The van der Waals surface area contributed by atoms with Gasteiger partial charge in [0.1, 0.15) is 0 Å². The third-order valence-corrected chi connectivity index (χ3v) is 5.36. The largest absolute Gasteiger partial charge is 0.371 e. The molecule has 1 fully saturated rings.